The van der Waals surface area contributed by atoms with E-state index in [-0.39, 0.29) is 0 Å². The molecule has 20 heavy (non-hydrogen) atoms. The van der Waals surface area contributed by atoms with Crippen molar-refractivity contribution in [2.75, 3.05) is 6.54 Å². The Morgan fingerprint density at radius 1 is 1.15 bits per heavy atom. The molecule has 2 heteroatoms. The van der Waals surface area contributed by atoms with Crippen molar-refractivity contribution in [2.24, 2.45) is 4.99 Å². The van der Waals surface area contributed by atoms with Gasteiger partial charge in [-0.2, -0.15) is 0 Å². The predicted molar refractivity (Wildman–Crippen MR) is 82.9 cm³/mol. The Balaban J connectivity index is 1.65. The molecular formula is C18H18N2. The van der Waals surface area contributed by atoms with Gasteiger partial charge in [-0.1, -0.05) is 42.5 Å². The van der Waals surface area contributed by atoms with Crippen LogP contribution in [0.1, 0.15) is 18.4 Å². The van der Waals surface area contributed by atoms with Crippen molar-refractivity contribution < 1.29 is 0 Å². The first-order valence-corrected chi connectivity index (χ1v) is 7.37. The van der Waals surface area contributed by atoms with Crippen LogP contribution in [0.5, 0.6) is 0 Å². The average Bonchev–Trinajstić information content (AvgIpc) is 2.88. The third kappa shape index (κ3) is 1.97. The first-order chi connectivity index (χ1) is 9.92. The Hall–Kier alpha value is -1.93. The van der Waals surface area contributed by atoms with Gasteiger partial charge in [0.25, 0.3) is 0 Å². The molecule has 0 amide bonds. The van der Waals surface area contributed by atoms with Gasteiger partial charge in [-0.15, -0.1) is 0 Å². The van der Waals surface area contributed by atoms with Crippen molar-refractivity contribution >= 4 is 5.71 Å². The number of aliphatic imine (C=N–C) groups is 1. The molecule has 100 valence electrons. The summed E-state index contributed by atoms with van der Waals surface area (Å²) in [6.07, 6.45) is 9.70. The third-order valence-corrected chi connectivity index (χ3v) is 4.31. The number of benzene rings is 1. The van der Waals surface area contributed by atoms with Crippen LogP contribution in [-0.2, 0) is 6.42 Å². The smallest absolute Gasteiger partial charge is 0.0672 e. The largest absolute Gasteiger partial charge is 0.308 e. The van der Waals surface area contributed by atoms with E-state index < -0.39 is 0 Å². The molecule has 1 aromatic rings. The van der Waals surface area contributed by atoms with E-state index in [4.69, 9.17) is 4.99 Å². The van der Waals surface area contributed by atoms with Crippen LogP contribution in [0.25, 0.3) is 0 Å². The number of fused-ring (bicyclic) bond motifs is 2. The van der Waals surface area contributed by atoms with E-state index >= 15 is 0 Å². The number of piperidine rings is 1. The van der Waals surface area contributed by atoms with Gasteiger partial charge in [-0.3, -0.25) is 4.99 Å². The van der Waals surface area contributed by atoms with E-state index in [9.17, 15) is 0 Å². The SMILES string of the molecule is C1=CCC2=C3CCN[C@@H](Cc4ccccc4)C3=NC2=C1. The highest BCUT2D eigenvalue weighted by molar-refractivity contribution is 6.09. The second-order valence-corrected chi connectivity index (χ2v) is 5.58. The topological polar surface area (TPSA) is 24.4 Å². The highest BCUT2D eigenvalue weighted by atomic mass is 15.0. The summed E-state index contributed by atoms with van der Waals surface area (Å²) >= 11 is 0. The molecule has 1 aliphatic carbocycles. The van der Waals surface area contributed by atoms with Crippen molar-refractivity contribution in [3.63, 3.8) is 0 Å². The van der Waals surface area contributed by atoms with Crippen molar-refractivity contribution in [3.05, 3.63) is 71.0 Å². The summed E-state index contributed by atoms with van der Waals surface area (Å²) in [5.74, 6) is 0. The fraction of sp³-hybridized carbons (Fsp3) is 0.278. The summed E-state index contributed by atoms with van der Waals surface area (Å²) in [6, 6.07) is 11.1. The van der Waals surface area contributed by atoms with Crippen molar-refractivity contribution in [3.8, 4) is 0 Å². The van der Waals surface area contributed by atoms with Gasteiger partial charge in [-0.05, 0) is 48.6 Å². The third-order valence-electron chi connectivity index (χ3n) is 4.31. The van der Waals surface area contributed by atoms with E-state index in [1.165, 1.54) is 28.1 Å². The zero-order valence-electron chi connectivity index (χ0n) is 11.5. The molecule has 1 atom stereocenters. The van der Waals surface area contributed by atoms with Crippen LogP contribution in [0, 0.1) is 0 Å². The molecule has 0 unspecified atom stereocenters. The highest BCUT2D eigenvalue weighted by Crippen LogP contribution is 2.35. The quantitative estimate of drug-likeness (QED) is 0.869. The molecule has 2 heterocycles. The molecule has 3 aliphatic rings. The molecule has 1 N–H and O–H groups in total. The maximum Gasteiger partial charge on any atom is 0.0672 e. The Bertz CT molecular complexity index is 647. The zero-order valence-corrected chi connectivity index (χ0v) is 11.5. The molecule has 4 rings (SSSR count). The minimum absolute atomic E-state index is 0.361. The average molecular weight is 262 g/mol. The molecule has 0 bridgehead atoms. The van der Waals surface area contributed by atoms with E-state index in [2.05, 4.69) is 53.9 Å². The summed E-state index contributed by atoms with van der Waals surface area (Å²) in [6.45, 7) is 1.06. The van der Waals surface area contributed by atoms with Gasteiger partial charge >= 0.3 is 0 Å². The first-order valence-electron chi connectivity index (χ1n) is 7.37. The van der Waals surface area contributed by atoms with Gasteiger partial charge in [0.1, 0.15) is 0 Å². The maximum absolute atomic E-state index is 4.90. The number of nitrogens with zero attached hydrogens (tertiary/aromatic N) is 1. The molecule has 0 aromatic heterocycles. The monoisotopic (exact) mass is 262 g/mol. The van der Waals surface area contributed by atoms with E-state index in [0.717, 1.165) is 25.8 Å². The van der Waals surface area contributed by atoms with Crippen LogP contribution in [0.4, 0.5) is 0 Å². The van der Waals surface area contributed by atoms with Gasteiger partial charge in [0.2, 0.25) is 0 Å². The number of nitrogens with one attached hydrogen (secondary N) is 1. The van der Waals surface area contributed by atoms with Gasteiger partial charge in [0.05, 0.1) is 17.5 Å². The van der Waals surface area contributed by atoms with E-state index in [1.807, 2.05) is 0 Å². The second kappa shape index (κ2) is 4.88. The number of hydrogen-bond donors (Lipinski definition) is 1. The Morgan fingerprint density at radius 3 is 2.95 bits per heavy atom. The molecule has 1 fully saturated rings. The van der Waals surface area contributed by atoms with Gasteiger partial charge < -0.3 is 5.32 Å². The van der Waals surface area contributed by atoms with E-state index in [1.54, 1.807) is 0 Å². The normalized spacial score (nSPS) is 24.1. The second-order valence-electron chi connectivity index (χ2n) is 5.58. The molecule has 0 saturated carbocycles. The van der Waals surface area contributed by atoms with Gasteiger partial charge in [-0.25, -0.2) is 0 Å². The van der Waals surface area contributed by atoms with Gasteiger partial charge in [0.15, 0.2) is 0 Å². The number of rotatable bonds is 2. The lowest BCUT2D eigenvalue weighted by atomic mass is 9.88. The summed E-state index contributed by atoms with van der Waals surface area (Å²) < 4.78 is 0. The Kier molecular flexibility index (Phi) is 2.89. The minimum atomic E-state index is 0.361. The van der Waals surface area contributed by atoms with Crippen LogP contribution < -0.4 is 5.32 Å². The van der Waals surface area contributed by atoms with E-state index in [0.29, 0.717) is 6.04 Å². The lowest BCUT2D eigenvalue weighted by molar-refractivity contribution is 0.591. The predicted octanol–water partition coefficient (Wildman–Crippen LogP) is 3.19. The highest BCUT2D eigenvalue weighted by Gasteiger charge is 2.31. The molecular weight excluding hydrogens is 244 g/mol. The fourth-order valence-electron chi connectivity index (χ4n) is 3.34. The molecule has 0 spiro atoms. The standard InChI is InChI=1S/C18H18N2/c1-2-6-13(7-3-1)12-17-18-15(10-11-19-17)14-8-4-5-9-16(14)20-18/h1-7,9,17,19H,8,10-12H2/t17-/m0/s1. The zero-order chi connectivity index (χ0) is 13.4. The maximum atomic E-state index is 4.90. The van der Waals surface area contributed by atoms with Crippen LogP contribution in [0.15, 0.2) is 70.4 Å². The lowest BCUT2D eigenvalue weighted by Gasteiger charge is -2.26. The summed E-state index contributed by atoms with van der Waals surface area (Å²) in [7, 11) is 0. The van der Waals surface area contributed by atoms with Crippen molar-refractivity contribution in [1.82, 2.24) is 5.32 Å². The summed E-state index contributed by atoms with van der Waals surface area (Å²) in [5, 5.41) is 3.64. The van der Waals surface area contributed by atoms with Gasteiger partial charge in [0, 0.05) is 0 Å². The molecule has 1 saturated heterocycles. The minimum Gasteiger partial charge on any atom is -0.308 e. The van der Waals surface area contributed by atoms with Crippen molar-refractivity contribution in [2.45, 2.75) is 25.3 Å². The van der Waals surface area contributed by atoms with Crippen LogP contribution in [0.2, 0.25) is 0 Å². The fourth-order valence-corrected chi connectivity index (χ4v) is 3.34. The van der Waals surface area contributed by atoms with Crippen LogP contribution in [-0.4, -0.2) is 18.3 Å². The summed E-state index contributed by atoms with van der Waals surface area (Å²) in [4.78, 5) is 4.90. The Morgan fingerprint density at radius 2 is 2.05 bits per heavy atom. The first kappa shape index (κ1) is 11.9. The number of hydrogen-bond acceptors (Lipinski definition) is 2. The lowest BCUT2D eigenvalue weighted by Crippen LogP contribution is -2.44. The molecule has 2 nitrogen and oxygen atoms in total. The molecule has 1 aromatic carbocycles. The molecule has 0 radical (unpaired) electrons. The molecule has 2 aliphatic heterocycles. The van der Waals surface area contributed by atoms with Crippen LogP contribution >= 0.6 is 0 Å². The van der Waals surface area contributed by atoms with Crippen LogP contribution in [0.3, 0.4) is 0 Å². The number of allylic oxidation sites excluding steroid dienone is 4. The Labute approximate surface area is 119 Å². The summed E-state index contributed by atoms with van der Waals surface area (Å²) in [5.41, 5.74) is 6.81. The van der Waals surface area contributed by atoms with Crippen molar-refractivity contribution in [1.29, 1.82) is 0 Å².